The summed E-state index contributed by atoms with van der Waals surface area (Å²) in [5.74, 6) is 1.04. The molecule has 2 nitrogen and oxygen atoms in total. The van der Waals surface area contributed by atoms with E-state index in [-0.39, 0.29) is 0 Å². The van der Waals surface area contributed by atoms with Crippen molar-refractivity contribution in [2.75, 3.05) is 0 Å². The Morgan fingerprint density at radius 2 is 1.76 bits per heavy atom. The summed E-state index contributed by atoms with van der Waals surface area (Å²) in [4.78, 5) is 5.26. The van der Waals surface area contributed by atoms with Gasteiger partial charge in [0, 0.05) is 0 Å². The van der Waals surface area contributed by atoms with Crippen molar-refractivity contribution in [2.24, 2.45) is 0 Å². The average Bonchev–Trinajstić information content (AvgIpc) is 3.47. The van der Waals surface area contributed by atoms with Crippen LogP contribution in [-0.4, -0.2) is 9.55 Å². The van der Waals surface area contributed by atoms with Gasteiger partial charge in [-0.15, -0.1) is 0 Å². The largest absolute Gasteiger partial charge is 0.295 e. The number of hydrogen-bond acceptors (Lipinski definition) is 1. The van der Waals surface area contributed by atoms with E-state index in [1.165, 1.54) is 33.5 Å². The second-order valence-corrected chi connectivity index (χ2v) is 8.69. The molecule has 0 bridgehead atoms. The van der Waals surface area contributed by atoms with E-state index in [9.17, 15) is 0 Å². The van der Waals surface area contributed by atoms with Gasteiger partial charge in [-0.25, -0.2) is 4.98 Å². The number of aromatic nitrogens is 2. The Bertz CT molecular complexity index is 1540. The number of nitrogens with zero attached hydrogens (tertiary/aromatic N) is 2. The van der Waals surface area contributed by atoms with Gasteiger partial charge in [0.2, 0.25) is 0 Å². The third-order valence-corrected chi connectivity index (χ3v) is 7.36. The van der Waals surface area contributed by atoms with Gasteiger partial charge in [0.15, 0.2) is 0 Å². The molecule has 1 unspecified atom stereocenters. The molecule has 4 aromatic rings. The Kier molecular flexibility index (Phi) is 4.22. The van der Waals surface area contributed by atoms with E-state index in [0.717, 1.165) is 34.4 Å². The minimum absolute atomic E-state index is 0.515. The highest BCUT2D eigenvalue weighted by Gasteiger charge is 2.54. The van der Waals surface area contributed by atoms with E-state index in [1.807, 2.05) is 12.2 Å². The molecule has 3 aromatic carbocycles. The first-order valence-electron chi connectivity index (χ1n) is 11.6. The molecular weight excluding hydrogens is 400 g/mol. The van der Waals surface area contributed by atoms with Gasteiger partial charge in [-0.1, -0.05) is 80.8 Å². The highest BCUT2D eigenvalue weighted by atomic mass is 15.1. The van der Waals surface area contributed by atoms with Crippen LogP contribution in [0.1, 0.15) is 48.3 Å². The van der Waals surface area contributed by atoms with Gasteiger partial charge in [0.05, 0.1) is 16.7 Å². The van der Waals surface area contributed by atoms with Crippen LogP contribution < -0.4 is 0 Å². The summed E-state index contributed by atoms with van der Waals surface area (Å²) in [6, 6.07) is 24.0. The lowest BCUT2D eigenvalue weighted by molar-refractivity contribution is 0.732. The Labute approximate surface area is 194 Å². The number of para-hydroxylation sites is 2. The van der Waals surface area contributed by atoms with E-state index >= 15 is 0 Å². The van der Waals surface area contributed by atoms with Crippen molar-refractivity contribution in [1.82, 2.24) is 9.55 Å². The molecule has 33 heavy (non-hydrogen) atoms. The van der Waals surface area contributed by atoms with E-state index in [4.69, 9.17) is 4.98 Å². The molecule has 160 valence electrons. The normalized spacial score (nSPS) is 18.5. The summed E-state index contributed by atoms with van der Waals surface area (Å²) >= 11 is 0. The fraction of sp³-hybridized carbons (Fsp3) is 0.129. The van der Waals surface area contributed by atoms with Crippen LogP contribution in [0.25, 0.3) is 27.9 Å². The van der Waals surface area contributed by atoms with Gasteiger partial charge in [-0.3, -0.25) is 4.57 Å². The van der Waals surface area contributed by atoms with E-state index in [1.54, 1.807) is 0 Å². The molecule has 6 rings (SSSR count). The van der Waals surface area contributed by atoms with Crippen LogP contribution in [0.3, 0.4) is 0 Å². The number of fused-ring (bicyclic) bond motifs is 9. The monoisotopic (exact) mass is 426 g/mol. The van der Waals surface area contributed by atoms with Crippen molar-refractivity contribution in [2.45, 2.75) is 25.7 Å². The lowest BCUT2D eigenvalue weighted by Gasteiger charge is -2.28. The van der Waals surface area contributed by atoms with Crippen molar-refractivity contribution in [3.8, 4) is 5.69 Å². The third-order valence-electron chi connectivity index (χ3n) is 7.36. The minimum atomic E-state index is -0.515. The van der Waals surface area contributed by atoms with Crippen LogP contribution in [0.5, 0.6) is 0 Å². The van der Waals surface area contributed by atoms with Crippen LogP contribution in [-0.2, 0) is 5.41 Å². The quantitative estimate of drug-likeness (QED) is 0.328. The molecule has 0 fully saturated rings. The average molecular weight is 427 g/mol. The fourth-order valence-corrected chi connectivity index (χ4v) is 6.00. The van der Waals surface area contributed by atoms with Crippen LogP contribution in [0.4, 0.5) is 0 Å². The molecule has 2 aliphatic rings. The van der Waals surface area contributed by atoms with Crippen LogP contribution >= 0.6 is 0 Å². The van der Waals surface area contributed by atoms with Crippen LogP contribution in [0.2, 0.25) is 0 Å². The molecular formula is C31H26N2. The molecule has 2 heteroatoms. The van der Waals surface area contributed by atoms with Gasteiger partial charge in [0.1, 0.15) is 11.2 Å². The second kappa shape index (κ2) is 7.05. The summed E-state index contributed by atoms with van der Waals surface area (Å²) in [7, 11) is 0. The molecule has 0 saturated heterocycles. The summed E-state index contributed by atoms with van der Waals surface area (Å²) in [6.45, 7) is 12.8. The zero-order valence-electron chi connectivity index (χ0n) is 19.1. The fourth-order valence-electron chi connectivity index (χ4n) is 6.00. The van der Waals surface area contributed by atoms with E-state index in [2.05, 4.69) is 104 Å². The Balaban J connectivity index is 1.83. The molecule has 1 aliphatic carbocycles. The van der Waals surface area contributed by atoms with Gasteiger partial charge < -0.3 is 0 Å². The number of allylic oxidation sites excluding steroid dienone is 6. The standard InChI is InChI=1S/C31H26N2/c1-5-20(6-2)21-17-18-28-26(19-21)31(30-32-27-15-11-12-16-29(27)33(28)30)24(8-4)22(7-3)23-13-9-10-14-25(23)31/h5,7-19H,3-4,6H2,1-2H3/b20-5+. The first-order valence-corrected chi connectivity index (χ1v) is 11.6. The number of rotatable bonds is 4. The number of hydrogen-bond donors (Lipinski definition) is 0. The van der Waals surface area contributed by atoms with Crippen LogP contribution in [0, 0.1) is 0 Å². The van der Waals surface area contributed by atoms with Crippen molar-refractivity contribution >= 4 is 22.2 Å². The Morgan fingerprint density at radius 1 is 0.970 bits per heavy atom. The van der Waals surface area contributed by atoms with Crippen molar-refractivity contribution in [3.63, 3.8) is 0 Å². The minimum Gasteiger partial charge on any atom is -0.295 e. The number of benzene rings is 3. The van der Waals surface area contributed by atoms with Gasteiger partial charge in [-0.05, 0) is 76.6 Å². The first-order chi connectivity index (χ1) is 16.2. The van der Waals surface area contributed by atoms with Gasteiger partial charge in [0.25, 0.3) is 0 Å². The predicted octanol–water partition coefficient (Wildman–Crippen LogP) is 7.63. The second-order valence-electron chi connectivity index (χ2n) is 8.69. The maximum absolute atomic E-state index is 5.26. The lowest BCUT2D eigenvalue weighted by atomic mass is 9.71. The van der Waals surface area contributed by atoms with Gasteiger partial charge >= 0.3 is 0 Å². The SMILES string of the molecule is C=CC1=C(C=C)C2(c3ccccc31)c1cc(/C(=C/C)CC)ccc1-n1c2nc2ccccc21. The highest BCUT2D eigenvalue weighted by Crippen LogP contribution is 2.60. The molecule has 1 aromatic heterocycles. The van der Waals surface area contributed by atoms with Crippen molar-refractivity contribution in [3.05, 3.63) is 132 Å². The van der Waals surface area contributed by atoms with Crippen molar-refractivity contribution < 1.29 is 0 Å². The smallest absolute Gasteiger partial charge is 0.134 e. The molecule has 1 spiro atoms. The molecule has 0 amide bonds. The van der Waals surface area contributed by atoms with Crippen molar-refractivity contribution in [1.29, 1.82) is 0 Å². The molecule has 0 saturated carbocycles. The Hall–Kier alpha value is -3.91. The Morgan fingerprint density at radius 3 is 2.52 bits per heavy atom. The summed E-state index contributed by atoms with van der Waals surface area (Å²) < 4.78 is 2.35. The summed E-state index contributed by atoms with van der Waals surface area (Å²) in [6.07, 6.45) is 7.20. The first kappa shape index (κ1) is 19.8. The number of imidazole rings is 1. The predicted molar refractivity (Wildman–Crippen MR) is 139 cm³/mol. The van der Waals surface area contributed by atoms with Crippen LogP contribution in [0.15, 0.2) is 104 Å². The summed E-state index contributed by atoms with van der Waals surface area (Å²) in [5.41, 5.74) is 11.5. The molecule has 0 radical (unpaired) electrons. The third kappa shape index (κ3) is 2.30. The van der Waals surface area contributed by atoms with E-state index < -0.39 is 5.41 Å². The zero-order valence-corrected chi connectivity index (χ0v) is 19.1. The maximum Gasteiger partial charge on any atom is 0.134 e. The molecule has 1 aliphatic heterocycles. The maximum atomic E-state index is 5.26. The molecule has 0 N–H and O–H groups in total. The van der Waals surface area contributed by atoms with Gasteiger partial charge in [-0.2, -0.15) is 0 Å². The molecule has 1 atom stereocenters. The lowest BCUT2D eigenvalue weighted by Crippen LogP contribution is -2.28. The summed E-state index contributed by atoms with van der Waals surface area (Å²) in [5, 5.41) is 0. The topological polar surface area (TPSA) is 17.8 Å². The highest BCUT2D eigenvalue weighted by molar-refractivity contribution is 5.95. The van der Waals surface area contributed by atoms with E-state index in [0.29, 0.717) is 0 Å². The zero-order chi connectivity index (χ0) is 22.7. The molecule has 2 heterocycles.